The fourth-order valence-electron chi connectivity index (χ4n) is 2.23. The number of hydrogen-bond acceptors (Lipinski definition) is 5. The maximum absolute atomic E-state index is 10.7. The smallest absolute Gasteiger partial charge is 0.303 e. The Bertz CT molecular complexity index is 420. The highest BCUT2D eigenvalue weighted by molar-refractivity contribution is 7.98. The summed E-state index contributed by atoms with van der Waals surface area (Å²) < 4.78 is 0. The summed E-state index contributed by atoms with van der Waals surface area (Å²) in [6.45, 7) is 1.76. The minimum atomic E-state index is -0.694. The standard InChI is InChI=1S/C12H17N3O2S/c1-18-11-7-10(13-8-14-11)15-4-2-9(3-5-15)6-12(16)17/h7-9H,2-6H2,1H3,(H,16,17). The predicted molar refractivity (Wildman–Crippen MR) is 71.0 cm³/mol. The summed E-state index contributed by atoms with van der Waals surface area (Å²) in [5.41, 5.74) is 0. The minimum absolute atomic E-state index is 0.285. The third-order valence-corrected chi connectivity index (χ3v) is 3.88. The number of nitrogens with zero attached hydrogens (tertiary/aromatic N) is 3. The monoisotopic (exact) mass is 267 g/mol. The van der Waals surface area contributed by atoms with Crippen LogP contribution in [0.2, 0.25) is 0 Å². The lowest BCUT2D eigenvalue weighted by atomic mass is 9.94. The second-order valence-corrected chi connectivity index (χ2v) is 5.27. The molecule has 1 aromatic rings. The van der Waals surface area contributed by atoms with E-state index in [0.29, 0.717) is 5.92 Å². The van der Waals surface area contributed by atoms with Crippen molar-refractivity contribution in [3.63, 3.8) is 0 Å². The van der Waals surface area contributed by atoms with Gasteiger partial charge >= 0.3 is 5.97 Å². The maximum atomic E-state index is 10.7. The second-order valence-electron chi connectivity index (χ2n) is 4.45. The summed E-state index contributed by atoms with van der Waals surface area (Å²) in [7, 11) is 0. The summed E-state index contributed by atoms with van der Waals surface area (Å²) in [4.78, 5) is 21.3. The summed E-state index contributed by atoms with van der Waals surface area (Å²) in [6, 6.07) is 1.99. The van der Waals surface area contributed by atoms with E-state index in [0.717, 1.165) is 36.8 Å². The molecule has 0 bridgehead atoms. The largest absolute Gasteiger partial charge is 0.481 e. The van der Waals surface area contributed by atoms with E-state index in [-0.39, 0.29) is 6.42 Å². The Balaban J connectivity index is 1.94. The Morgan fingerprint density at radius 1 is 1.50 bits per heavy atom. The molecule has 0 aliphatic carbocycles. The SMILES string of the molecule is CSc1cc(N2CCC(CC(=O)O)CC2)ncn1. The topological polar surface area (TPSA) is 66.3 Å². The van der Waals surface area contributed by atoms with Crippen molar-refractivity contribution in [2.75, 3.05) is 24.2 Å². The summed E-state index contributed by atoms with van der Waals surface area (Å²) in [5, 5.41) is 9.75. The van der Waals surface area contributed by atoms with Crippen molar-refractivity contribution in [1.29, 1.82) is 0 Å². The molecule has 0 amide bonds. The Labute approximate surface area is 111 Å². The molecule has 18 heavy (non-hydrogen) atoms. The van der Waals surface area contributed by atoms with E-state index in [1.165, 1.54) is 0 Å². The van der Waals surface area contributed by atoms with Gasteiger partial charge in [0.15, 0.2) is 0 Å². The van der Waals surface area contributed by atoms with Gasteiger partial charge in [0, 0.05) is 25.6 Å². The first-order chi connectivity index (χ1) is 8.69. The molecule has 0 unspecified atom stereocenters. The number of thioether (sulfide) groups is 1. The van der Waals surface area contributed by atoms with Crippen LogP contribution in [-0.4, -0.2) is 40.4 Å². The van der Waals surface area contributed by atoms with Gasteiger partial charge in [-0.3, -0.25) is 4.79 Å². The molecule has 1 aromatic heterocycles. The van der Waals surface area contributed by atoms with Gasteiger partial charge < -0.3 is 10.0 Å². The molecule has 1 aliphatic rings. The molecule has 0 atom stereocenters. The summed E-state index contributed by atoms with van der Waals surface area (Å²) in [5.74, 6) is 0.559. The molecule has 5 nitrogen and oxygen atoms in total. The normalized spacial score (nSPS) is 16.8. The highest BCUT2D eigenvalue weighted by atomic mass is 32.2. The van der Waals surface area contributed by atoms with Gasteiger partial charge in [-0.2, -0.15) is 0 Å². The van der Waals surface area contributed by atoms with Crippen LogP contribution in [0.5, 0.6) is 0 Å². The molecule has 0 spiro atoms. The number of anilines is 1. The van der Waals surface area contributed by atoms with Gasteiger partial charge in [-0.25, -0.2) is 9.97 Å². The molecule has 0 aromatic carbocycles. The highest BCUT2D eigenvalue weighted by Crippen LogP contribution is 2.25. The van der Waals surface area contributed by atoms with Gasteiger partial charge in [0.2, 0.25) is 0 Å². The number of carboxylic acid groups (broad SMARTS) is 1. The lowest BCUT2D eigenvalue weighted by Gasteiger charge is -2.32. The fraction of sp³-hybridized carbons (Fsp3) is 0.583. The Morgan fingerprint density at radius 2 is 2.22 bits per heavy atom. The van der Waals surface area contributed by atoms with Crippen molar-refractivity contribution >= 4 is 23.5 Å². The maximum Gasteiger partial charge on any atom is 0.303 e. The van der Waals surface area contributed by atoms with E-state index in [9.17, 15) is 4.79 Å². The zero-order valence-electron chi connectivity index (χ0n) is 10.4. The molecule has 1 aliphatic heterocycles. The van der Waals surface area contributed by atoms with Gasteiger partial charge in [0.1, 0.15) is 17.2 Å². The van der Waals surface area contributed by atoms with Gasteiger partial charge in [0.25, 0.3) is 0 Å². The van der Waals surface area contributed by atoms with Crippen molar-refractivity contribution < 1.29 is 9.90 Å². The third kappa shape index (κ3) is 3.35. The average molecular weight is 267 g/mol. The van der Waals surface area contributed by atoms with Crippen LogP contribution in [0.3, 0.4) is 0 Å². The van der Waals surface area contributed by atoms with Crippen LogP contribution < -0.4 is 4.90 Å². The van der Waals surface area contributed by atoms with Crippen LogP contribution >= 0.6 is 11.8 Å². The van der Waals surface area contributed by atoms with E-state index in [2.05, 4.69) is 14.9 Å². The number of carboxylic acids is 1. The second kappa shape index (κ2) is 6.04. The molecule has 0 saturated carbocycles. The summed E-state index contributed by atoms with van der Waals surface area (Å²) in [6.07, 6.45) is 5.71. The third-order valence-electron chi connectivity index (χ3n) is 3.24. The van der Waals surface area contributed by atoms with Crippen LogP contribution in [-0.2, 0) is 4.79 Å². The molecular weight excluding hydrogens is 250 g/mol. The highest BCUT2D eigenvalue weighted by Gasteiger charge is 2.22. The van der Waals surface area contributed by atoms with Gasteiger partial charge in [-0.05, 0) is 25.0 Å². The van der Waals surface area contributed by atoms with Crippen molar-refractivity contribution in [1.82, 2.24) is 9.97 Å². The number of piperidine rings is 1. The van der Waals surface area contributed by atoms with E-state index in [4.69, 9.17) is 5.11 Å². The Morgan fingerprint density at radius 3 is 2.83 bits per heavy atom. The first-order valence-corrected chi connectivity index (χ1v) is 7.24. The molecule has 6 heteroatoms. The van der Waals surface area contributed by atoms with Crippen LogP contribution in [0, 0.1) is 5.92 Å². The molecule has 2 heterocycles. The first kappa shape index (κ1) is 13.1. The Kier molecular flexibility index (Phi) is 4.41. The van der Waals surface area contributed by atoms with E-state index < -0.39 is 5.97 Å². The van der Waals surface area contributed by atoms with Crippen molar-refractivity contribution in [3.8, 4) is 0 Å². The van der Waals surface area contributed by atoms with Crippen molar-refractivity contribution in [3.05, 3.63) is 12.4 Å². The first-order valence-electron chi connectivity index (χ1n) is 6.02. The van der Waals surface area contributed by atoms with Crippen LogP contribution in [0.4, 0.5) is 5.82 Å². The lowest BCUT2D eigenvalue weighted by Crippen LogP contribution is -2.34. The predicted octanol–water partition coefficient (Wildman–Crippen LogP) is 1.89. The Hall–Kier alpha value is -1.30. The molecule has 0 radical (unpaired) electrons. The molecule has 98 valence electrons. The van der Waals surface area contributed by atoms with E-state index >= 15 is 0 Å². The van der Waals surface area contributed by atoms with Gasteiger partial charge in [0.05, 0.1) is 0 Å². The quantitative estimate of drug-likeness (QED) is 0.664. The number of rotatable bonds is 4. The number of hydrogen-bond donors (Lipinski definition) is 1. The molecular formula is C12H17N3O2S. The number of aliphatic carboxylic acids is 1. The molecule has 1 N–H and O–H groups in total. The van der Waals surface area contributed by atoms with Crippen molar-refractivity contribution in [2.45, 2.75) is 24.3 Å². The average Bonchev–Trinajstić information content (AvgIpc) is 2.39. The van der Waals surface area contributed by atoms with Crippen LogP contribution in [0.15, 0.2) is 17.4 Å². The lowest BCUT2D eigenvalue weighted by molar-refractivity contribution is -0.138. The van der Waals surface area contributed by atoms with E-state index in [1.807, 2.05) is 12.3 Å². The number of aromatic nitrogens is 2. The zero-order chi connectivity index (χ0) is 13.0. The van der Waals surface area contributed by atoms with E-state index in [1.54, 1.807) is 18.1 Å². The zero-order valence-corrected chi connectivity index (χ0v) is 11.2. The van der Waals surface area contributed by atoms with Gasteiger partial charge in [-0.15, -0.1) is 11.8 Å². The minimum Gasteiger partial charge on any atom is -0.481 e. The molecule has 2 rings (SSSR count). The summed E-state index contributed by atoms with van der Waals surface area (Å²) >= 11 is 1.60. The molecule has 1 saturated heterocycles. The van der Waals surface area contributed by atoms with Crippen LogP contribution in [0.1, 0.15) is 19.3 Å². The number of carbonyl (C=O) groups is 1. The van der Waals surface area contributed by atoms with Gasteiger partial charge in [-0.1, -0.05) is 0 Å². The molecule has 1 fully saturated rings. The fourth-order valence-corrected chi connectivity index (χ4v) is 2.60. The van der Waals surface area contributed by atoms with Crippen molar-refractivity contribution in [2.24, 2.45) is 5.92 Å². The van der Waals surface area contributed by atoms with Crippen LogP contribution in [0.25, 0.3) is 0 Å².